The fourth-order valence-electron chi connectivity index (χ4n) is 8.59. The van der Waals surface area contributed by atoms with E-state index in [0.717, 1.165) is 11.3 Å². The molecule has 0 spiro atoms. The molecule has 0 aliphatic carbocycles. The number of carbonyl (C=O) groups excluding carboxylic acids is 8. The molecule has 5 N–H and O–H groups in total. The lowest BCUT2D eigenvalue weighted by atomic mass is 9.95. The maximum absolute atomic E-state index is 15.0. The van der Waals surface area contributed by atoms with Crippen molar-refractivity contribution >= 4 is 52.9 Å². The minimum Gasteiger partial charge on any atom is -0.458 e. The van der Waals surface area contributed by atoms with Crippen molar-refractivity contribution in [2.45, 2.75) is 113 Å². The summed E-state index contributed by atoms with van der Waals surface area (Å²) >= 11 is 0. The van der Waals surface area contributed by atoms with Crippen molar-refractivity contribution in [3.8, 4) is 0 Å². The zero-order chi connectivity index (χ0) is 44.8. The van der Waals surface area contributed by atoms with Crippen LogP contribution in [0.25, 0.3) is 0 Å². The van der Waals surface area contributed by atoms with Crippen LogP contribution in [0.15, 0.2) is 54.6 Å². The molecule has 18 nitrogen and oxygen atoms in total. The maximum atomic E-state index is 15.0. The van der Waals surface area contributed by atoms with Crippen molar-refractivity contribution in [2.75, 3.05) is 45.7 Å². The number of nitrogens with zero attached hydrogens (tertiary/aromatic N) is 4. The minimum atomic E-state index is -1.55. The molecule has 62 heavy (non-hydrogen) atoms. The molecule has 18 heteroatoms. The second-order valence-corrected chi connectivity index (χ2v) is 16.8. The van der Waals surface area contributed by atoms with Crippen molar-refractivity contribution in [2.24, 2.45) is 0 Å². The molecule has 9 atom stereocenters. The van der Waals surface area contributed by atoms with Gasteiger partial charge in [0.05, 0.1) is 12.1 Å². The number of nitrogens with one attached hydrogen (secondary N) is 4. The molecule has 2 aromatic rings. The number of cyclic esters (lactones) is 1. The first-order valence-corrected chi connectivity index (χ1v) is 21.3. The van der Waals surface area contributed by atoms with Crippen LogP contribution in [-0.4, -0.2) is 156 Å². The van der Waals surface area contributed by atoms with Gasteiger partial charge in [0, 0.05) is 65.7 Å². The number of β-amino-alcohol motifs (C(OH)–C–C–N with tert-alkyl or cyclic N) is 1. The Morgan fingerprint density at radius 3 is 2.23 bits per heavy atom. The largest absolute Gasteiger partial charge is 0.458 e. The number of ketones is 1. The zero-order valence-electron chi connectivity index (χ0n) is 35.9. The molecule has 0 bridgehead atoms. The summed E-state index contributed by atoms with van der Waals surface area (Å²) in [5.41, 5.74) is 1.92. The number of hydrogen-bond donors (Lipinski definition) is 5. The first kappa shape index (κ1) is 45.6. The second kappa shape index (κ2) is 19.9. The Kier molecular flexibility index (Phi) is 14.6. The number of ether oxygens (including phenoxy) is 1. The molecule has 0 unspecified atom stereocenters. The molecule has 4 aliphatic heterocycles. The zero-order valence-corrected chi connectivity index (χ0v) is 35.9. The topological polar surface area (TPSA) is 227 Å². The van der Waals surface area contributed by atoms with Crippen molar-refractivity contribution < 1.29 is 48.2 Å². The Morgan fingerprint density at radius 1 is 0.887 bits per heavy atom. The van der Waals surface area contributed by atoms with Gasteiger partial charge >= 0.3 is 5.97 Å². The third-order valence-corrected chi connectivity index (χ3v) is 12.3. The lowest BCUT2D eigenvalue weighted by molar-refractivity contribution is -0.157. The number of fused-ring (bicyclic) bond motifs is 2. The molecule has 334 valence electrons. The molecular formula is C44H58N8O10. The van der Waals surface area contributed by atoms with Crippen LogP contribution >= 0.6 is 0 Å². The molecule has 4 heterocycles. The van der Waals surface area contributed by atoms with Crippen LogP contribution in [0, 0.1) is 0 Å². The highest BCUT2D eigenvalue weighted by Crippen LogP contribution is 2.27. The second-order valence-electron chi connectivity index (χ2n) is 16.8. The van der Waals surface area contributed by atoms with E-state index in [0.29, 0.717) is 12.0 Å². The number of aliphatic hydroxyl groups is 1. The van der Waals surface area contributed by atoms with Crippen molar-refractivity contribution in [1.82, 2.24) is 36.0 Å². The molecule has 6 amide bonds. The first-order chi connectivity index (χ1) is 29.6. The van der Waals surface area contributed by atoms with Crippen LogP contribution in [-0.2, 0) is 49.5 Å². The number of likely N-dealkylation sites (N-methyl/N-ethyl adjacent to an activating group) is 1. The van der Waals surface area contributed by atoms with Gasteiger partial charge in [0.2, 0.25) is 35.4 Å². The Labute approximate surface area is 361 Å². The molecule has 4 saturated heterocycles. The third kappa shape index (κ3) is 10.2. The molecule has 4 fully saturated rings. The van der Waals surface area contributed by atoms with E-state index in [2.05, 4.69) is 21.3 Å². The van der Waals surface area contributed by atoms with Crippen LogP contribution in [0.4, 0.5) is 5.69 Å². The average molecular weight is 859 g/mol. The predicted molar refractivity (Wildman–Crippen MR) is 225 cm³/mol. The van der Waals surface area contributed by atoms with Gasteiger partial charge in [0.25, 0.3) is 0 Å². The van der Waals surface area contributed by atoms with Crippen LogP contribution in [0.1, 0.15) is 69.5 Å². The van der Waals surface area contributed by atoms with E-state index < -0.39 is 95.9 Å². The summed E-state index contributed by atoms with van der Waals surface area (Å²) in [6.45, 7) is 3.28. The standard InChI is InChI=1S/C44H58N8O10/c1-6-31-41(58)51-19-10-13-33(51)42(59)50(5)35(21-26-14-16-28(17-15-26)49(3)4)43(60)52-20-18-29(53)23-34(52)39(56)48-37(27-11-8-7-9-12-27)44(61)62-25(2)36(40(57)46-31)47-38(55)32-22-30(54)24-45-32/h7-9,11-12,14-17,25,30-37,45,54H,6,10,13,18-24H2,1-5H3,(H,46,57)(H,47,55)(H,48,56)/t25-,30-,31-,32+,33+,34+,35+,36+,37+/m1/s1. The Morgan fingerprint density at radius 2 is 1.58 bits per heavy atom. The molecule has 4 aliphatic rings. The van der Waals surface area contributed by atoms with Crippen LogP contribution in [0.2, 0.25) is 0 Å². The number of Topliss-reactive ketones (excluding diaryl/α,β-unsaturated/α-hetero) is 1. The Bertz CT molecular complexity index is 2010. The summed E-state index contributed by atoms with van der Waals surface area (Å²) in [6.07, 6.45) is -1.60. The number of esters is 1. The molecule has 2 aromatic carbocycles. The fourth-order valence-corrected chi connectivity index (χ4v) is 8.59. The van der Waals surface area contributed by atoms with Gasteiger partial charge in [-0.1, -0.05) is 49.4 Å². The highest BCUT2D eigenvalue weighted by molar-refractivity contribution is 6.00. The summed E-state index contributed by atoms with van der Waals surface area (Å²) < 4.78 is 5.88. The summed E-state index contributed by atoms with van der Waals surface area (Å²) in [6, 6.07) is 6.98. The average Bonchev–Trinajstić information content (AvgIpc) is 3.94. The normalized spacial score (nSPS) is 29.4. The number of rotatable bonds is 7. The summed E-state index contributed by atoms with van der Waals surface area (Å²) in [4.78, 5) is 119. The van der Waals surface area contributed by atoms with Crippen LogP contribution in [0.3, 0.4) is 0 Å². The SMILES string of the molecule is CC[C@H]1NC(=O)[C@@H](NC(=O)[C@@H]2C[C@@H](O)CN2)[C@@H](C)OC(=O)[C@H](c2ccccc2)NC(=O)[C@@H]2CC(=O)CCN2C(=O)[C@H](Cc2ccc(N(C)C)cc2)N(C)C(=O)[C@@H]2CCCN2C1=O. The van der Waals surface area contributed by atoms with E-state index in [9.17, 15) is 43.5 Å². The molecule has 6 rings (SSSR count). The van der Waals surface area contributed by atoms with Gasteiger partial charge in [-0.15, -0.1) is 0 Å². The number of carbonyl (C=O) groups is 8. The third-order valence-electron chi connectivity index (χ3n) is 12.3. The number of hydrogen-bond acceptors (Lipinski definition) is 12. The monoisotopic (exact) mass is 858 g/mol. The van der Waals surface area contributed by atoms with E-state index in [1.54, 1.807) is 37.3 Å². The fraction of sp³-hybridized carbons (Fsp3) is 0.545. The smallest absolute Gasteiger partial charge is 0.333 e. The lowest BCUT2D eigenvalue weighted by Crippen LogP contribution is -2.61. The van der Waals surface area contributed by atoms with E-state index in [1.165, 1.54) is 28.7 Å². The number of benzene rings is 2. The minimum absolute atomic E-state index is 0.0358. The quantitative estimate of drug-likeness (QED) is 0.224. The van der Waals surface area contributed by atoms with E-state index in [-0.39, 0.29) is 63.9 Å². The van der Waals surface area contributed by atoms with Gasteiger partial charge in [-0.2, -0.15) is 0 Å². The molecular weight excluding hydrogens is 801 g/mol. The highest BCUT2D eigenvalue weighted by Gasteiger charge is 2.46. The van der Waals surface area contributed by atoms with Gasteiger partial charge < -0.3 is 50.7 Å². The number of aliphatic hydroxyl groups excluding tert-OH is 1. The van der Waals surface area contributed by atoms with E-state index in [1.807, 2.05) is 43.3 Å². The number of amides is 6. The summed E-state index contributed by atoms with van der Waals surface area (Å²) in [5.74, 6) is -5.26. The van der Waals surface area contributed by atoms with E-state index >= 15 is 0 Å². The van der Waals surface area contributed by atoms with Crippen LogP contribution < -0.4 is 26.2 Å². The summed E-state index contributed by atoms with van der Waals surface area (Å²) in [5, 5.41) is 21.0. The van der Waals surface area contributed by atoms with Gasteiger partial charge in [0.1, 0.15) is 42.1 Å². The first-order valence-electron chi connectivity index (χ1n) is 21.3. The van der Waals surface area contributed by atoms with E-state index in [4.69, 9.17) is 4.74 Å². The summed E-state index contributed by atoms with van der Waals surface area (Å²) in [7, 11) is 5.27. The van der Waals surface area contributed by atoms with Gasteiger partial charge in [-0.05, 0) is 55.9 Å². The highest BCUT2D eigenvalue weighted by atomic mass is 16.5. The van der Waals surface area contributed by atoms with Crippen molar-refractivity contribution in [3.05, 3.63) is 65.7 Å². The number of piperidine rings is 1. The lowest BCUT2D eigenvalue weighted by Gasteiger charge is -2.40. The molecule has 0 radical (unpaired) electrons. The van der Waals surface area contributed by atoms with Crippen molar-refractivity contribution in [3.63, 3.8) is 0 Å². The van der Waals surface area contributed by atoms with Crippen molar-refractivity contribution in [1.29, 1.82) is 0 Å². The van der Waals surface area contributed by atoms with Crippen LogP contribution in [0.5, 0.6) is 0 Å². The molecule has 0 aromatic heterocycles. The Balaban J connectivity index is 1.42. The van der Waals surface area contributed by atoms with Gasteiger partial charge in [0.15, 0.2) is 6.04 Å². The predicted octanol–water partition coefficient (Wildman–Crippen LogP) is -0.422. The number of anilines is 1. The Hall–Kier alpha value is -5.88. The van der Waals surface area contributed by atoms with Gasteiger partial charge in [-0.25, -0.2) is 4.79 Å². The maximum Gasteiger partial charge on any atom is 0.333 e. The molecule has 0 saturated carbocycles. The van der Waals surface area contributed by atoms with Gasteiger partial charge in [-0.3, -0.25) is 33.6 Å².